The molecule has 1 N–H and O–H groups in total. The Kier molecular flexibility index (Phi) is 9.28. The number of aromatic nitrogens is 2. The van der Waals surface area contributed by atoms with Gasteiger partial charge in [0.05, 0.1) is 5.75 Å². The normalized spacial score (nSPS) is 19.9. The van der Waals surface area contributed by atoms with E-state index >= 15 is 0 Å². The third kappa shape index (κ3) is 6.88. The topological polar surface area (TPSA) is 81.7 Å². The average molecular weight is 483 g/mol. The molecule has 3 heterocycles. The minimum atomic E-state index is -0.00631. The van der Waals surface area contributed by atoms with Gasteiger partial charge in [0.1, 0.15) is 11.0 Å². The first-order chi connectivity index (χ1) is 15.4. The van der Waals surface area contributed by atoms with Gasteiger partial charge in [-0.3, -0.25) is 4.79 Å². The quantitative estimate of drug-likeness (QED) is 0.277. The molecule has 0 saturated carbocycles. The average Bonchev–Trinajstić information content (AvgIpc) is 2.77. The number of thioether (sulfide) groups is 1. The van der Waals surface area contributed by atoms with Crippen LogP contribution in [0.4, 0.5) is 10.6 Å². The zero-order valence-electron chi connectivity index (χ0n) is 19.3. The van der Waals surface area contributed by atoms with Crippen LogP contribution in [0.5, 0.6) is 0 Å². The first-order valence-electron chi connectivity index (χ1n) is 11.6. The van der Waals surface area contributed by atoms with Gasteiger partial charge in [-0.1, -0.05) is 43.6 Å². The van der Waals surface area contributed by atoms with Crippen molar-refractivity contribution in [2.24, 2.45) is 5.92 Å². The van der Waals surface area contributed by atoms with Gasteiger partial charge in [0, 0.05) is 51.4 Å². The van der Waals surface area contributed by atoms with Crippen LogP contribution in [0, 0.1) is 5.92 Å². The molecule has 3 amide bonds. The van der Waals surface area contributed by atoms with E-state index in [1.165, 1.54) is 11.8 Å². The van der Waals surface area contributed by atoms with Gasteiger partial charge in [-0.05, 0) is 32.1 Å². The van der Waals surface area contributed by atoms with Gasteiger partial charge < -0.3 is 20.0 Å². The highest BCUT2D eigenvalue weighted by molar-refractivity contribution is 7.99. The molecule has 2 aliphatic heterocycles. The van der Waals surface area contributed by atoms with Crippen LogP contribution in [0.3, 0.4) is 0 Å². The van der Waals surface area contributed by atoms with Crippen LogP contribution in [0.2, 0.25) is 5.15 Å². The van der Waals surface area contributed by atoms with Crippen molar-refractivity contribution in [3.63, 3.8) is 0 Å². The number of nitrogens with zero attached hydrogens (tertiary/aromatic N) is 5. The summed E-state index contributed by atoms with van der Waals surface area (Å²) in [5.41, 5.74) is 0. The Hall–Kier alpha value is -1.74. The summed E-state index contributed by atoms with van der Waals surface area (Å²) < 4.78 is 0. The minimum Gasteiger partial charge on any atom is -0.353 e. The predicted octanol–water partition coefficient (Wildman–Crippen LogP) is 3.50. The summed E-state index contributed by atoms with van der Waals surface area (Å²) in [6.45, 7) is 10.7. The van der Waals surface area contributed by atoms with Crippen LogP contribution in [-0.4, -0.2) is 82.8 Å². The second kappa shape index (κ2) is 11.9. The number of unbranched alkanes of at least 4 members (excludes halogenated alkanes) is 1. The van der Waals surface area contributed by atoms with Gasteiger partial charge in [0.15, 0.2) is 5.16 Å². The largest absolute Gasteiger partial charge is 0.353 e. The van der Waals surface area contributed by atoms with E-state index < -0.39 is 0 Å². The van der Waals surface area contributed by atoms with Crippen molar-refractivity contribution in [1.29, 1.82) is 0 Å². The molecule has 2 fully saturated rings. The number of hydrogen-bond acceptors (Lipinski definition) is 6. The Balaban J connectivity index is 1.55. The molecule has 10 heteroatoms. The monoisotopic (exact) mass is 482 g/mol. The SMILES string of the molecule is CCCCNC(=O)N1CCN(c2cc(Cl)nc(SCC(=O)N3CCC(C)CC3)n2)CC1C. The molecule has 1 aromatic rings. The fourth-order valence-electron chi connectivity index (χ4n) is 4.03. The van der Waals surface area contributed by atoms with E-state index in [4.69, 9.17) is 11.6 Å². The zero-order chi connectivity index (χ0) is 23.1. The van der Waals surface area contributed by atoms with Crippen LogP contribution in [-0.2, 0) is 4.79 Å². The number of halogens is 1. The van der Waals surface area contributed by atoms with Crippen molar-refractivity contribution >= 4 is 41.1 Å². The molecule has 8 nitrogen and oxygen atoms in total. The predicted molar refractivity (Wildman–Crippen MR) is 129 cm³/mol. The highest BCUT2D eigenvalue weighted by Gasteiger charge is 2.28. The molecule has 0 spiro atoms. The number of nitrogens with one attached hydrogen (secondary N) is 1. The maximum atomic E-state index is 12.5. The lowest BCUT2D eigenvalue weighted by atomic mass is 9.99. The molecule has 1 unspecified atom stereocenters. The molecule has 178 valence electrons. The van der Waals surface area contributed by atoms with E-state index in [-0.39, 0.29) is 18.0 Å². The summed E-state index contributed by atoms with van der Waals surface area (Å²) in [4.78, 5) is 39.9. The molecule has 0 aliphatic carbocycles. The lowest BCUT2D eigenvalue weighted by Gasteiger charge is -2.40. The van der Waals surface area contributed by atoms with Crippen molar-refractivity contribution in [2.45, 2.75) is 57.7 Å². The molecule has 0 bridgehead atoms. The number of hydrogen-bond donors (Lipinski definition) is 1. The Morgan fingerprint density at radius 3 is 2.62 bits per heavy atom. The summed E-state index contributed by atoms with van der Waals surface area (Å²) in [5, 5.41) is 3.87. The fraction of sp³-hybridized carbons (Fsp3) is 0.727. The number of urea groups is 1. The molecule has 2 aliphatic rings. The van der Waals surface area contributed by atoms with Gasteiger partial charge in [-0.15, -0.1) is 0 Å². The molecular formula is C22H35ClN6O2S. The first kappa shape index (κ1) is 24.9. The van der Waals surface area contributed by atoms with Crippen molar-refractivity contribution in [3.8, 4) is 0 Å². The van der Waals surface area contributed by atoms with Gasteiger partial charge in [-0.25, -0.2) is 14.8 Å². The lowest BCUT2D eigenvalue weighted by Crippen LogP contribution is -2.56. The molecule has 0 aromatic carbocycles. The summed E-state index contributed by atoms with van der Waals surface area (Å²) in [6, 6.07) is 1.80. The van der Waals surface area contributed by atoms with Crippen molar-refractivity contribution in [1.82, 2.24) is 25.1 Å². The molecule has 1 aromatic heterocycles. The van der Waals surface area contributed by atoms with E-state index in [9.17, 15) is 9.59 Å². The third-order valence-electron chi connectivity index (χ3n) is 6.14. The summed E-state index contributed by atoms with van der Waals surface area (Å²) in [7, 11) is 0. The Morgan fingerprint density at radius 1 is 1.19 bits per heavy atom. The number of carbonyl (C=O) groups is 2. The van der Waals surface area contributed by atoms with Crippen molar-refractivity contribution < 1.29 is 9.59 Å². The molecule has 32 heavy (non-hydrogen) atoms. The molecule has 1 atom stereocenters. The lowest BCUT2D eigenvalue weighted by molar-refractivity contribution is -0.129. The second-order valence-electron chi connectivity index (χ2n) is 8.76. The van der Waals surface area contributed by atoms with Crippen molar-refractivity contribution in [2.75, 3.05) is 49.9 Å². The van der Waals surface area contributed by atoms with Gasteiger partial charge in [0.2, 0.25) is 5.91 Å². The maximum absolute atomic E-state index is 12.5. The Labute approximate surface area is 200 Å². The zero-order valence-corrected chi connectivity index (χ0v) is 20.9. The summed E-state index contributed by atoms with van der Waals surface area (Å²) >= 11 is 7.61. The molecule has 2 saturated heterocycles. The third-order valence-corrected chi connectivity index (χ3v) is 7.17. The summed E-state index contributed by atoms with van der Waals surface area (Å²) in [6.07, 6.45) is 4.17. The van der Waals surface area contributed by atoms with Gasteiger partial charge in [0.25, 0.3) is 0 Å². The number of anilines is 1. The highest BCUT2D eigenvalue weighted by Crippen LogP contribution is 2.25. The van der Waals surface area contributed by atoms with Gasteiger partial charge >= 0.3 is 6.03 Å². The van der Waals surface area contributed by atoms with Gasteiger partial charge in [-0.2, -0.15) is 0 Å². The van der Waals surface area contributed by atoms with E-state index in [0.29, 0.717) is 48.2 Å². The van der Waals surface area contributed by atoms with E-state index in [1.54, 1.807) is 6.07 Å². The van der Waals surface area contributed by atoms with Crippen LogP contribution < -0.4 is 10.2 Å². The smallest absolute Gasteiger partial charge is 0.317 e. The molecular weight excluding hydrogens is 448 g/mol. The number of likely N-dealkylation sites (tertiary alicyclic amines) is 1. The first-order valence-corrected chi connectivity index (χ1v) is 13.0. The summed E-state index contributed by atoms with van der Waals surface area (Å²) in [5.74, 6) is 1.87. The van der Waals surface area contributed by atoms with E-state index in [1.807, 2.05) is 16.7 Å². The number of rotatable bonds is 7. The Bertz CT molecular complexity index is 790. The van der Waals surface area contributed by atoms with E-state index in [2.05, 4.69) is 34.0 Å². The second-order valence-corrected chi connectivity index (χ2v) is 10.1. The van der Waals surface area contributed by atoms with E-state index in [0.717, 1.165) is 44.6 Å². The molecule has 0 radical (unpaired) electrons. The fourth-order valence-corrected chi connectivity index (χ4v) is 5.01. The minimum absolute atomic E-state index is 0.00631. The van der Waals surface area contributed by atoms with Crippen LogP contribution >= 0.6 is 23.4 Å². The number of piperazine rings is 1. The van der Waals surface area contributed by atoms with Crippen LogP contribution in [0.15, 0.2) is 11.2 Å². The molecule has 3 rings (SSSR count). The van der Waals surface area contributed by atoms with Crippen molar-refractivity contribution in [3.05, 3.63) is 11.2 Å². The van der Waals surface area contributed by atoms with Crippen LogP contribution in [0.25, 0.3) is 0 Å². The van der Waals surface area contributed by atoms with Crippen LogP contribution in [0.1, 0.15) is 46.5 Å². The highest BCUT2D eigenvalue weighted by atomic mass is 35.5. The Morgan fingerprint density at radius 2 is 1.94 bits per heavy atom. The maximum Gasteiger partial charge on any atom is 0.317 e. The number of amides is 3. The standard InChI is InChI=1S/C22H35ClN6O2S/c1-4-5-8-24-22(31)29-12-11-28(14-17(29)3)19-13-18(23)25-21(26-19)32-15-20(30)27-9-6-16(2)7-10-27/h13,16-17H,4-12,14-15H2,1-3H3,(H,24,31). The number of piperidine rings is 1. The number of carbonyl (C=O) groups excluding carboxylic acids is 2.